The lowest BCUT2D eigenvalue weighted by Crippen LogP contribution is -2.23. The summed E-state index contributed by atoms with van der Waals surface area (Å²) in [6.45, 7) is 2.03. The zero-order valence-corrected chi connectivity index (χ0v) is 13.7. The van der Waals surface area contributed by atoms with Crippen molar-refractivity contribution in [1.82, 2.24) is 15.5 Å². The summed E-state index contributed by atoms with van der Waals surface area (Å²) in [7, 11) is 0. The molecule has 1 heterocycles. The minimum absolute atomic E-state index is 0.0452. The van der Waals surface area contributed by atoms with Crippen molar-refractivity contribution in [3.05, 3.63) is 41.3 Å². The van der Waals surface area contributed by atoms with Crippen LogP contribution in [0, 0.1) is 0 Å². The van der Waals surface area contributed by atoms with Crippen LogP contribution in [-0.4, -0.2) is 21.9 Å². The molecule has 24 heavy (non-hydrogen) atoms. The molecule has 5 nitrogen and oxygen atoms in total. The molecule has 1 amide bonds. The van der Waals surface area contributed by atoms with Crippen LogP contribution in [0.25, 0.3) is 0 Å². The predicted molar refractivity (Wildman–Crippen MR) is 82.5 cm³/mol. The monoisotopic (exact) mass is 359 g/mol. The first-order chi connectivity index (χ1) is 11.4. The number of halogens is 3. The molecule has 0 atom stereocenters. The van der Waals surface area contributed by atoms with Gasteiger partial charge in [-0.05, 0) is 24.6 Å². The van der Waals surface area contributed by atoms with E-state index in [-0.39, 0.29) is 18.0 Å². The molecular formula is C15H16F3N3O2S. The van der Waals surface area contributed by atoms with E-state index in [0.29, 0.717) is 5.22 Å². The minimum Gasteiger partial charge on any atom is -0.414 e. The van der Waals surface area contributed by atoms with Crippen LogP contribution >= 0.6 is 11.8 Å². The number of alkyl halides is 3. The summed E-state index contributed by atoms with van der Waals surface area (Å²) in [5.41, 5.74) is -0.954. The van der Waals surface area contributed by atoms with Gasteiger partial charge in [0.1, 0.15) is 0 Å². The third-order valence-corrected chi connectivity index (χ3v) is 3.93. The highest BCUT2D eigenvalue weighted by molar-refractivity contribution is 7.99. The largest absolute Gasteiger partial charge is 0.416 e. The van der Waals surface area contributed by atoms with Gasteiger partial charge >= 0.3 is 6.18 Å². The molecule has 1 aromatic carbocycles. The van der Waals surface area contributed by atoms with E-state index in [1.54, 1.807) is 0 Å². The standard InChI is InChI=1S/C15H16F3N3O2S/c1-2-3-7-24-14-21-20-12(23-14)9-19-13(22)10-5-4-6-11(8-10)15(16,17)18/h4-6,8H,2-3,7,9H2,1H3,(H,19,22). The third kappa shape index (κ3) is 5.26. The van der Waals surface area contributed by atoms with Gasteiger partial charge in [-0.25, -0.2) is 0 Å². The SMILES string of the molecule is CCCCSc1nnc(CNC(=O)c2cccc(C(F)(F)F)c2)o1. The van der Waals surface area contributed by atoms with Crippen LogP contribution in [0.5, 0.6) is 0 Å². The number of carbonyl (C=O) groups excluding carboxylic acids is 1. The van der Waals surface area contributed by atoms with Crippen LogP contribution in [0.2, 0.25) is 0 Å². The molecule has 0 spiro atoms. The number of hydrogen-bond donors (Lipinski definition) is 1. The molecule has 2 rings (SSSR count). The number of amides is 1. The Balaban J connectivity index is 1.91. The van der Waals surface area contributed by atoms with E-state index in [1.165, 1.54) is 23.9 Å². The lowest BCUT2D eigenvalue weighted by atomic mass is 10.1. The summed E-state index contributed by atoms with van der Waals surface area (Å²) in [5, 5.41) is 10.5. The Morgan fingerprint density at radius 3 is 2.83 bits per heavy atom. The maximum atomic E-state index is 12.6. The molecule has 1 aromatic heterocycles. The zero-order chi connectivity index (χ0) is 17.6. The fraction of sp³-hybridized carbons (Fsp3) is 0.400. The Morgan fingerprint density at radius 1 is 1.33 bits per heavy atom. The first-order valence-electron chi connectivity index (χ1n) is 7.30. The second kappa shape index (κ2) is 8.18. The number of nitrogens with one attached hydrogen (secondary N) is 1. The third-order valence-electron chi connectivity index (χ3n) is 3.02. The van der Waals surface area contributed by atoms with Crippen molar-refractivity contribution in [2.75, 3.05) is 5.75 Å². The zero-order valence-electron chi connectivity index (χ0n) is 12.9. The predicted octanol–water partition coefficient (Wildman–Crippen LogP) is 3.91. The summed E-state index contributed by atoms with van der Waals surface area (Å²) < 4.78 is 43.3. The number of hydrogen-bond acceptors (Lipinski definition) is 5. The Labute approximate surface area is 141 Å². The fourth-order valence-electron chi connectivity index (χ4n) is 1.77. The molecular weight excluding hydrogens is 343 g/mol. The Morgan fingerprint density at radius 2 is 2.12 bits per heavy atom. The van der Waals surface area contributed by atoms with Crippen molar-refractivity contribution in [2.45, 2.75) is 37.7 Å². The van der Waals surface area contributed by atoms with Gasteiger partial charge in [0.2, 0.25) is 5.89 Å². The molecule has 0 aliphatic carbocycles. The number of benzene rings is 1. The highest BCUT2D eigenvalue weighted by atomic mass is 32.2. The molecule has 0 aliphatic rings. The molecule has 0 unspecified atom stereocenters. The van der Waals surface area contributed by atoms with Gasteiger partial charge in [-0.15, -0.1) is 10.2 Å². The Bertz CT molecular complexity index is 689. The van der Waals surface area contributed by atoms with E-state index >= 15 is 0 Å². The van der Waals surface area contributed by atoms with Crippen molar-refractivity contribution in [3.8, 4) is 0 Å². The summed E-state index contributed by atoms with van der Waals surface area (Å²) in [6.07, 6.45) is -2.41. The van der Waals surface area contributed by atoms with E-state index in [9.17, 15) is 18.0 Å². The van der Waals surface area contributed by atoms with Crippen LogP contribution in [0.15, 0.2) is 33.9 Å². The van der Waals surface area contributed by atoms with Crippen LogP contribution in [-0.2, 0) is 12.7 Å². The fourth-order valence-corrected chi connectivity index (χ4v) is 2.63. The number of aromatic nitrogens is 2. The number of unbranched alkanes of at least 4 members (excludes halogenated alkanes) is 1. The van der Waals surface area contributed by atoms with E-state index in [0.717, 1.165) is 30.7 Å². The molecule has 9 heteroatoms. The van der Waals surface area contributed by atoms with Gasteiger partial charge in [-0.3, -0.25) is 4.79 Å². The van der Waals surface area contributed by atoms with E-state index in [1.807, 2.05) is 0 Å². The number of nitrogens with zero attached hydrogens (tertiary/aromatic N) is 2. The van der Waals surface area contributed by atoms with Crippen molar-refractivity contribution >= 4 is 17.7 Å². The topological polar surface area (TPSA) is 68.0 Å². The summed E-state index contributed by atoms with van der Waals surface area (Å²) in [6, 6.07) is 4.21. The highest BCUT2D eigenvalue weighted by Crippen LogP contribution is 2.29. The average Bonchev–Trinajstić information content (AvgIpc) is 3.00. The van der Waals surface area contributed by atoms with Gasteiger partial charge in [-0.2, -0.15) is 13.2 Å². The van der Waals surface area contributed by atoms with Crippen molar-refractivity contribution < 1.29 is 22.4 Å². The molecule has 0 aliphatic heterocycles. The van der Waals surface area contributed by atoms with Crippen LogP contribution in [0.3, 0.4) is 0 Å². The minimum atomic E-state index is -4.49. The van der Waals surface area contributed by atoms with Gasteiger partial charge < -0.3 is 9.73 Å². The van der Waals surface area contributed by atoms with Crippen molar-refractivity contribution in [2.24, 2.45) is 0 Å². The molecule has 0 bridgehead atoms. The van der Waals surface area contributed by atoms with Gasteiger partial charge in [0.15, 0.2) is 0 Å². The summed E-state index contributed by atoms with van der Waals surface area (Å²) in [4.78, 5) is 11.9. The van der Waals surface area contributed by atoms with Gasteiger partial charge in [0, 0.05) is 11.3 Å². The number of rotatable bonds is 7. The smallest absolute Gasteiger partial charge is 0.414 e. The number of carbonyl (C=O) groups is 1. The molecule has 1 N–H and O–H groups in total. The van der Waals surface area contributed by atoms with E-state index in [2.05, 4.69) is 22.4 Å². The highest BCUT2D eigenvalue weighted by Gasteiger charge is 2.30. The number of thioether (sulfide) groups is 1. The van der Waals surface area contributed by atoms with Crippen LogP contribution in [0.1, 0.15) is 41.6 Å². The second-order valence-electron chi connectivity index (χ2n) is 4.92. The average molecular weight is 359 g/mol. The van der Waals surface area contributed by atoms with Crippen molar-refractivity contribution in [3.63, 3.8) is 0 Å². The maximum absolute atomic E-state index is 12.6. The van der Waals surface area contributed by atoms with E-state index in [4.69, 9.17) is 4.42 Å². The van der Waals surface area contributed by atoms with Gasteiger partial charge in [0.25, 0.3) is 11.1 Å². The summed E-state index contributed by atoms with van der Waals surface area (Å²) >= 11 is 1.42. The molecule has 0 saturated carbocycles. The molecule has 0 saturated heterocycles. The lowest BCUT2D eigenvalue weighted by Gasteiger charge is -2.08. The Kier molecular flexibility index (Phi) is 6.24. The normalized spacial score (nSPS) is 11.5. The quantitative estimate of drug-likeness (QED) is 0.600. The van der Waals surface area contributed by atoms with Gasteiger partial charge in [0.05, 0.1) is 12.1 Å². The maximum Gasteiger partial charge on any atom is 0.416 e. The first kappa shape index (κ1) is 18.3. The second-order valence-corrected chi connectivity index (χ2v) is 5.97. The molecule has 2 aromatic rings. The van der Waals surface area contributed by atoms with Crippen LogP contribution in [0.4, 0.5) is 13.2 Å². The lowest BCUT2D eigenvalue weighted by molar-refractivity contribution is -0.137. The first-order valence-corrected chi connectivity index (χ1v) is 8.29. The Hall–Kier alpha value is -2.03. The van der Waals surface area contributed by atoms with E-state index < -0.39 is 17.6 Å². The van der Waals surface area contributed by atoms with Gasteiger partial charge in [-0.1, -0.05) is 31.2 Å². The summed E-state index contributed by atoms with van der Waals surface area (Å²) in [5.74, 6) is 0.420. The van der Waals surface area contributed by atoms with Crippen molar-refractivity contribution in [1.29, 1.82) is 0 Å². The molecule has 0 radical (unpaired) electrons. The van der Waals surface area contributed by atoms with Crippen LogP contribution < -0.4 is 5.32 Å². The molecule has 130 valence electrons. The molecule has 0 fully saturated rings.